The highest BCUT2D eigenvalue weighted by atomic mass is 35.5. The lowest BCUT2D eigenvalue weighted by Gasteiger charge is -2.34. The molecule has 4 rings (SSSR count). The minimum atomic E-state index is -0.324. The second-order valence-electron chi connectivity index (χ2n) is 7.48. The number of ether oxygens (including phenoxy) is 1. The van der Waals surface area contributed by atoms with Crippen LogP contribution in [0.15, 0.2) is 59.3 Å². The van der Waals surface area contributed by atoms with Gasteiger partial charge in [0.2, 0.25) is 5.91 Å². The van der Waals surface area contributed by atoms with Crippen molar-refractivity contribution in [3.8, 4) is 5.75 Å². The average molecular weight is 471 g/mol. The Kier molecular flexibility index (Phi) is 6.69. The molecule has 1 aliphatic rings. The minimum Gasteiger partial charge on any atom is -0.495 e. The molecule has 1 aromatic carbocycles. The second kappa shape index (κ2) is 9.83. The predicted molar refractivity (Wildman–Crippen MR) is 122 cm³/mol. The highest BCUT2D eigenvalue weighted by Gasteiger charge is 2.28. The molecule has 0 saturated carbocycles. The fourth-order valence-electron chi connectivity index (χ4n) is 3.70. The van der Waals surface area contributed by atoms with Gasteiger partial charge in [-0.15, -0.1) is 0 Å². The van der Waals surface area contributed by atoms with Gasteiger partial charge in [-0.25, -0.2) is 0 Å². The Hall–Kier alpha value is -3.72. The van der Waals surface area contributed by atoms with Crippen LogP contribution in [0.25, 0.3) is 0 Å². The number of hydrogen-bond acceptors (Lipinski definition) is 5. The van der Waals surface area contributed by atoms with Gasteiger partial charge in [0.05, 0.1) is 19.1 Å². The topological polar surface area (TPSA) is 97.0 Å². The van der Waals surface area contributed by atoms with Crippen LogP contribution in [0.1, 0.15) is 21.0 Å². The van der Waals surface area contributed by atoms with Gasteiger partial charge < -0.3 is 28.8 Å². The molecule has 3 aromatic rings. The van der Waals surface area contributed by atoms with Gasteiger partial charge in [-0.3, -0.25) is 14.4 Å². The van der Waals surface area contributed by atoms with Crippen LogP contribution in [0.4, 0.5) is 5.69 Å². The number of methoxy groups -OCH3 is 1. The van der Waals surface area contributed by atoms with E-state index in [-0.39, 0.29) is 30.0 Å². The molecule has 0 bridgehead atoms. The number of carbonyl (C=O) groups excluding carboxylic acids is 3. The number of nitrogens with zero attached hydrogens (tertiary/aromatic N) is 3. The van der Waals surface area contributed by atoms with Crippen LogP contribution in [0.3, 0.4) is 0 Å². The summed E-state index contributed by atoms with van der Waals surface area (Å²) in [7, 11) is 1.50. The van der Waals surface area contributed by atoms with Crippen molar-refractivity contribution >= 4 is 35.0 Å². The Morgan fingerprint density at radius 1 is 1.03 bits per heavy atom. The third kappa shape index (κ3) is 5.04. The molecule has 1 N–H and O–H groups in total. The number of furan rings is 1. The highest BCUT2D eigenvalue weighted by molar-refractivity contribution is 6.31. The molecular weight excluding hydrogens is 448 g/mol. The molecule has 0 radical (unpaired) electrons. The van der Waals surface area contributed by atoms with Crippen LogP contribution < -0.4 is 10.1 Å². The Bertz CT molecular complexity index is 1150. The van der Waals surface area contributed by atoms with E-state index in [1.807, 2.05) is 0 Å². The maximum Gasteiger partial charge on any atom is 0.289 e. The van der Waals surface area contributed by atoms with E-state index in [0.29, 0.717) is 48.3 Å². The van der Waals surface area contributed by atoms with E-state index >= 15 is 0 Å². The summed E-state index contributed by atoms with van der Waals surface area (Å²) in [5, 5.41) is 3.24. The third-order valence-corrected chi connectivity index (χ3v) is 5.62. The number of carbonyl (C=O) groups is 3. The van der Waals surface area contributed by atoms with E-state index in [1.54, 1.807) is 63.0 Å². The van der Waals surface area contributed by atoms with Crippen molar-refractivity contribution in [2.45, 2.75) is 6.54 Å². The summed E-state index contributed by atoms with van der Waals surface area (Å²) in [4.78, 5) is 41.5. The maximum absolute atomic E-state index is 13.1. The second-order valence-corrected chi connectivity index (χ2v) is 7.91. The largest absolute Gasteiger partial charge is 0.495 e. The van der Waals surface area contributed by atoms with E-state index in [9.17, 15) is 14.4 Å². The molecule has 1 fully saturated rings. The fourth-order valence-corrected chi connectivity index (χ4v) is 3.87. The number of aromatic nitrogens is 1. The average Bonchev–Trinajstić information content (AvgIpc) is 3.51. The van der Waals surface area contributed by atoms with E-state index in [4.69, 9.17) is 20.8 Å². The fraction of sp³-hybridized carbons (Fsp3) is 0.261. The molecule has 3 heterocycles. The first-order chi connectivity index (χ1) is 16.0. The lowest BCUT2D eigenvalue weighted by molar-refractivity contribution is -0.116. The molecule has 0 unspecified atom stereocenters. The van der Waals surface area contributed by atoms with Gasteiger partial charge in [-0.2, -0.15) is 0 Å². The van der Waals surface area contributed by atoms with Crippen LogP contribution in [0, 0.1) is 0 Å². The van der Waals surface area contributed by atoms with Crippen LogP contribution in [-0.4, -0.2) is 65.4 Å². The summed E-state index contributed by atoms with van der Waals surface area (Å²) < 4.78 is 12.0. The van der Waals surface area contributed by atoms with Gasteiger partial charge in [-0.1, -0.05) is 11.6 Å². The molecule has 0 atom stereocenters. The Labute approximate surface area is 195 Å². The molecular formula is C23H23ClN4O5. The SMILES string of the molecule is COc1ccc(Cl)cc1NC(=O)Cn1cccc1C(=O)N1CCN(C(=O)c2ccco2)CC1. The third-order valence-electron chi connectivity index (χ3n) is 5.38. The highest BCUT2D eigenvalue weighted by Crippen LogP contribution is 2.27. The minimum absolute atomic E-state index is 0.0549. The first-order valence-corrected chi connectivity index (χ1v) is 10.7. The van der Waals surface area contributed by atoms with Crippen molar-refractivity contribution in [1.29, 1.82) is 0 Å². The van der Waals surface area contributed by atoms with Crippen LogP contribution >= 0.6 is 11.6 Å². The number of anilines is 1. The molecule has 0 aliphatic carbocycles. The number of amides is 3. The molecule has 3 amide bonds. The lowest BCUT2D eigenvalue weighted by atomic mass is 10.2. The number of rotatable bonds is 6. The molecule has 1 saturated heterocycles. The summed E-state index contributed by atoms with van der Waals surface area (Å²) in [5.41, 5.74) is 0.849. The summed E-state index contributed by atoms with van der Waals surface area (Å²) in [5.74, 6) is 0.0565. The first kappa shape index (κ1) is 22.5. The molecule has 9 nitrogen and oxygen atoms in total. The predicted octanol–water partition coefficient (Wildman–Crippen LogP) is 2.98. The van der Waals surface area contributed by atoms with Crippen molar-refractivity contribution in [1.82, 2.24) is 14.4 Å². The first-order valence-electron chi connectivity index (χ1n) is 10.4. The van der Waals surface area contributed by atoms with Crippen molar-refractivity contribution in [2.75, 3.05) is 38.6 Å². The Balaban J connectivity index is 1.37. The number of hydrogen-bond donors (Lipinski definition) is 1. The summed E-state index contributed by atoms with van der Waals surface area (Å²) in [6.45, 7) is 1.54. The summed E-state index contributed by atoms with van der Waals surface area (Å²) >= 11 is 6.02. The molecule has 2 aromatic heterocycles. The van der Waals surface area contributed by atoms with Gasteiger partial charge in [0.25, 0.3) is 11.8 Å². The van der Waals surface area contributed by atoms with Crippen molar-refractivity contribution in [3.63, 3.8) is 0 Å². The zero-order valence-corrected chi connectivity index (χ0v) is 18.7. The van der Waals surface area contributed by atoms with Gasteiger partial charge in [0.15, 0.2) is 5.76 Å². The zero-order chi connectivity index (χ0) is 23.4. The number of benzene rings is 1. The van der Waals surface area contributed by atoms with E-state index < -0.39 is 0 Å². The van der Waals surface area contributed by atoms with Gasteiger partial charge in [-0.05, 0) is 42.5 Å². The number of nitrogens with one attached hydrogen (secondary N) is 1. The summed E-state index contributed by atoms with van der Waals surface area (Å²) in [6.07, 6.45) is 3.14. The van der Waals surface area contributed by atoms with E-state index in [2.05, 4.69) is 5.32 Å². The van der Waals surface area contributed by atoms with E-state index in [0.717, 1.165) is 0 Å². The standard InChI is InChI=1S/C23H23ClN4O5/c1-32-19-7-6-16(24)14-17(19)25-21(29)15-28-8-2-4-18(28)22(30)26-9-11-27(12-10-26)23(31)20-5-3-13-33-20/h2-8,13-14H,9-12,15H2,1H3,(H,25,29). The molecule has 10 heteroatoms. The summed E-state index contributed by atoms with van der Waals surface area (Å²) in [6, 6.07) is 11.6. The molecule has 33 heavy (non-hydrogen) atoms. The number of halogens is 1. The van der Waals surface area contributed by atoms with Crippen LogP contribution in [0.2, 0.25) is 5.02 Å². The quantitative estimate of drug-likeness (QED) is 0.597. The van der Waals surface area contributed by atoms with Crippen LogP contribution in [0.5, 0.6) is 5.75 Å². The van der Waals surface area contributed by atoms with Gasteiger partial charge in [0, 0.05) is 37.4 Å². The van der Waals surface area contributed by atoms with Crippen LogP contribution in [-0.2, 0) is 11.3 Å². The van der Waals surface area contributed by atoms with Gasteiger partial charge in [0.1, 0.15) is 18.0 Å². The zero-order valence-electron chi connectivity index (χ0n) is 18.0. The molecule has 1 aliphatic heterocycles. The Morgan fingerprint density at radius 2 is 1.76 bits per heavy atom. The maximum atomic E-state index is 13.1. The molecule has 0 spiro atoms. The Morgan fingerprint density at radius 3 is 2.42 bits per heavy atom. The smallest absolute Gasteiger partial charge is 0.289 e. The van der Waals surface area contributed by atoms with Gasteiger partial charge >= 0.3 is 0 Å². The molecule has 172 valence electrons. The van der Waals surface area contributed by atoms with E-state index in [1.165, 1.54) is 13.4 Å². The van der Waals surface area contributed by atoms with Crippen molar-refractivity contribution in [3.05, 3.63) is 71.4 Å². The van der Waals surface area contributed by atoms with Crippen molar-refractivity contribution < 1.29 is 23.5 Å². The monoisotopic (exact) mass is 470 g/mol. The van der Waals surface area contributed by atoms with Crippen molar-refractivity contribution in [2.24, 2.45) is 0 Å². The normalized spacial score (nSPS) is 13.6. The number of piperazine rings is 1. The lowest BCUT2D eigenvalue weighted by Crippen LogP contribution is -2.50.